The minimum atomic E-state index is -1.08. The van der Waals surface area contributed by atoms with Gasteiger partial charge in [-0.25, -0.2) is 4.79 Å². The third-order valence-electron chi connectivity index (χ3n) is 5.77. The number of aliphatic hydroxyl groups excluding tert-OH is 1. The van der Waals surface area contributed by atoms with Crippen molar-refractivity contribution in [1.82, 2.24) is 10.2 Å². The van der Waals surface area contributed by atoms with Gasteiger partial charge in [0.15, 0.2) is 0 Å². The number of benzene rings is 2. The van der Waals surface area contributed by atoms with Crippen molar-refractivity contribution < 1.29 is 24.2 Å². The molecule has 2 N–H and O–H groups in total. The first-order chi connectivity index (χ1) is 14.4. The molecule has 7 nitrogen and oxygen atoms in total. The van der Waals surface area contributed by atoms with Gasteiger partial charge in [0.2, 0.25) is 0 Å². The number of imide groups is 1. The molecule has 2 aromatic carbocycles. The minimum absolute atomic E-state index is 0.0126. The van der Waals surface area contributed by atoms with Crippen molar-refractivity contribution in [3.8, 4) is 11.5 Å². The Morgan fingerprint density at radius 3 is 2.80 bits per heavy atom. The van der Waals surface area contributed by atoms with Crippen molar-refractivity contribution >= 4 is 11.9 Å². The average molecular weight is 410 g/mol. The summed E-state index contributed by atoms with van der Waals surface area (Å²) in [5, 5.41) is 13.3. The molecule has 158 valence electrons. The van der Waals surface area contributed by atoms with Crippen LogP contribution in [0.15, 0.2) is 42.5 Å². The normalized spacial score (nSPS) is 21.4. The number of nitrogens with zero attached hydrogens (tertiary/aromatic N) is 1. The van der Waals surface area contributed by atoms with E-state index in [9.17, 15) is 14.7 Å². The first kappa shape index (κ1) is 20.2. The van der Waals surface area contributed by atoms with Gasteiger partial charge >= 0.3 is 6.03 Å². The van der Waals surface area contributed by atoms with Crippen LogP contribution < -0.4 is 14.8 Å². The highest BCUT2D eigenvalue weighted by atomic mass is 16.5. The van der Waals surface area contributed by atoms with Gasteiger partial charge in [0.25, 0.3) is 5.91 Å². The van der Waals surface area contributed by atoms with E-state index in [1.807, 2.05) is 37.3 Å². The highest BCUT2D eigenvalue weighted by molar-refractivity contribution is 6.07. The molecule has 0 unspecified atom stereocenters. The largest absolute Gasteiger partial charge is 0.497 e. The number of nitrogens with one attached hydrogen (secondary N) is 1. The van der Waals surface area contributed by atoms with Crippen molar-refractivity contribution in [3.05, 3.63) is 59.2 Å². The minimum Gasteiger partial charge on any atom is -0.497 e. The Hall–Kier alpha value is -3.06. The predicted molar refractivity (Wildman–Crippen MR) is 111 cm³/mol. The number of amides is 3. The molecule has 2 aromatic rings. The van der Waals surface area contributed by atoms with E-state index in [-0.39, 0.29) is 19.1 Å². The van der Waals surface area contributed by atoms with Crippen LogP contribution in [0.25, 0.3) is 0 Å². The van der Waals surface area contributed by atoms with Gasteiger partial charge < -0.3 is 19.9 Å². The number of ether oxygens (including phenoxy) is 2. The number of hydrogen-bond acceptors (Lipinski definition) is 5. The van der Waals surface area contributed by atoms with Crippen molar-refractivity contribution in [3.63, 3.8) is 0 Å². The summed E-state index contributed by atoms with van der Waals surface area (Å²) >= 11 is 0. The lowest BCUT2D eigenvalue weighted by atomic mass is 9.76. The van der Waals surface area contributed by atoms with E-state index in [0.29, 0.717) is 12.2 Å². The number of β-amino-alcohol motifs (C(OH)–C–C–N with tert-alkyl or cyclic N) is 1. The Kier molecular flexibility index (Phi) is 5.39. The van der Waals surface area contributed by atoms with Crippen LogP contribution in [0, 0.1) is 6.92 Å². The van der Waals surface area contributed by atoms with E-state index in [1.54, 1.807) is 19.2 Å². The molecule has 1 spiro atoms. The molecule has 0 radical (unpaired) electrons. The fourth-order valence-corrected chi connectivity index (χ4v) is 4.30. The number of carbonyl (C=O) groups is 2. The Balaban J connectivity index is 1.48. The van der Waals surface area contributed by atoms with Crippen molar-refractivity contribution in [2.75, 3.05) is 20.3 Å². The lowest BCUT2D eigenvalue weighted by Crippen LogP contribution is -2.47. The Bertz CT molecular complexity index is 976. The lowest BCUT2D eigenvalue weighted by Gasteiger charge is -2.33. The molecule has 0 aromatic heterocycles. The lowest BCUT2D eigenvalue weighted by molar-refractivity contribution is -0.133. The van der Waals surface area contributed by atoms with E-state index in [4.69, 9.17) is 9.47 Å². The Morgan fingerprint density at radius 2 is 2.03 bits per heavy atom. The first-order valence-electron chi connectivity index (χ1n) is 10.1. The summed E-state index contributed by atoms with van der Waals surface area (Å²) in [6.07, 6.45) is 1.14. The van der Waals surface area contributed by atoms with E-state index < -0.39 is 17.7 Å². The number of rotatable bonds is 6. The van der Waals surface area contributed by atoms with Crippen LogP contribution >= 0.6 is 0 Å². The van der Waals surface area contributed by atoms with Gasteiger partial charge in [-0.2, -0.15) is 0 Å². The number of carbonyl (C=O) groups excluding carboxylic acids is 2. The highest BCUT2D eigenvalue weighted by Gasteiger charge is 2.54. The van der Waals surface area contributed by atoms with Crippen LogP contribution in [0.4, 0.5) is 4.79 Å². The molecular formula is C23H26N2O5. The molecule has 4 rings (SSSR count). The fourth-order valence-electron chi connectivity index (χ4n) is 4.30. The van der Waals surface area contributed by atoms with Crippen LogP contribution in [0.2, 0.25) is 0 Å². The second kappa shape index (κ2) is 7.99. The fraction of sp³-hybridized carbons (Fsp3) is 0.391. The molecule has 0 bridgehead atoms. The first-order valence-corrected chi connectivity index (χ1v) is 10.1. The number of fused-ring (bicyclic) bond motifs is 2. The molecule has 1 aliphatic carbocycles. The summed E-state index contributed by atoms with van der Waals surface area (Å²) < 4.78 is 10.9. The number of aryl methyl sites for hydroxylation is 2. The molecule has 1 heterocycles. The van der Waals surface area contributed by atoms with Crippen LogP contribution in [0.3, 0.4) is 0 Å². The Labute approximate surface area is 175 Å². The molecule has 2 atom stereocenters. The molecule has 7 heteroatoms. The van der Waals surface area contributed by atoms with Crippen molar-refractivity contribution in [2.24, 2.45) is 0 Å². The maximum Gasteiger partial charge on any atom is 0.325 e. The summed E-state index contributed by atoms with van der Waals surface area (Å²) in [5.74, 6) is 1.04. The van der Waals surface area contributed by atoms with Crippen molar-refractivity contribution in [1.29, 1.82) is 0 Å². The third-order valence-corrected chi connectivity index (χ3v) is 5.77. The second-order valence-corrected chi connectivity index (χ2v) is 7.91. The Morgan fingerprint density at radius 1 is 1.20 bits per heavy atom. The van der Waals surface area contributed by atoms with E-state index in [1.165, 1.54) is 0 Å². The zero-order valence-corrected chi connectivity index (χ0v) is 17.2. The zero-order valence-electron chi connectivity index (χ0n) is 17.2. The standard InChI is InChI=1S/C23H26N2O5/c1-15-5-3-7-19(11-15)30-14-17(26)13-25-21(27)23(24-22(25)28)10-4-6-16-12-18(29-2)8-9-20(16)23/h3,5,7-9,11-12,17,26H,4,6,10,13-14H2,1-2H3,(H,24,28)/t17-,23+/m0/s1. The average Bonchev–Trinajstić information content (AvgIpc) is 2.97. The van der Waals surface area contributed by atoms with E-state index in [2.05, 4.69) is 5.32 Å². The molecule has 30 heavy (non-hydrogen) atoms. The van der Waals surface area contributed by atoms with E-state index in [0.717, 1.165) is 40.2 Å². The van der Waals surface area contributed by atoms with Gasteiger partial charge in [0.05, 0.1) is 13.7 Å². The molecule has 3 amide bonds. The maximum absolute atomic E-state index is 13.3. The van der Waals surface area contributed by atoms with E-state index >= 15 is 0 Å². The summed E-state index contributed by atoms with van der Waals surface area (Å²) in [6.45, 7) is 1.82. The predicted octanol–water partition coefficient (Wildman–Crippen LogP) is 2.53. The second-order valence-electron chi connectivity index (χ2n) is 7.91. The summed E-state index contributed by atoms with van der Waals surface area (Å²) in [6, 6.07) is 12.6. The molecule has 1 fully saturated rings. The summed E-state index contributed by atoms with van der Waals surface area (Å²) in [4.78, 5) is 27.1. The zero-order chi connectivity index (χ0) is 21.3. The summed E-state index contributed by atoms with van der Waals surface area (Å²) in [7, 11) is 1.60. The van der Waals surface area contributed by atoms with Gasteiger partial charge in [-0.1, -0.05) is 18.2 Å². The topological polar surface area (TPSA) is 88.1 Å². The van der Waals surface area contributed by atoms with Crippen LogP contribution in [-0.4, -0.2) is 48.3 Å². The van der Waals surface area contributed by atoms with Gasteiger partial charge in [0, 0.05) is 0 Å². The monoisotopic (exact) mass is 410 g/mol. The number of aliphatic hydroxyl groups is 1. The van der Waals surface area contributed by atoms with Crippen LogP contribution in [0.5, 0.6) is 11.5 Å². The van der Waals surface area contributed by atoms with Gasteiger partial charge in [-0.05, 0) is 67.1 Å². The third kappa shape index (κ3) is 3.61. The van der Waals surface area contributed by atoms with Crippen LogP contribution in [-0.2, 0) is 16.8 Å². The quantitative estimate of drug-likeness (QED) is 0.715. The molecular weight excluding hydrogens is 384 g/mol. The van der Waals surface area contributed by atoms with Crippen molar-refractivity contribution in [2.45, 2.75) is 37.8 Å². The highest BCUT2D eigenvalue weighted by Crippen LogP contribution is 2.41. The number of hydrogen-bond donors (Lipinski definition) is 2. The molecule has 2 aliphatic rings. The molecule has 0 saturated carbocycles. The maximum atomic E-state index is 13.3. The smallest absolute Gasteiger partial charge is 0.325 e. The van der Waals surface area contributed by atoms with Crippen LogP contribution in [0.1, 0.15) is 29.5 Å². The van der Waals surface area contributed by atoms with Gasteiger partial charge in [-0.3, -0.25) is 9.69 Å². The van der Waals surface area contributed by atoms with Gasteiger partial charge in [-0.15, -0.1) is 0 Å². The summed E-state index contributed by atoms with van der Waals surface area (Å²) in [5.41, 5.74) is 1.78. The number of urea groups is 1. The van der Waals surface area contributed by atoms with Gasteiger partial charge in [0.1, 0.15) is 29.7 Å². The molecule has 1 aliphatic heterocycles. The molecule has 1 saturated heterocycles. The number of methoxy groups -OCH3 is 1. The SMILES string of the molecule is COc1ccc2c(c1)CCC[C@@]21NC(=O)N(C[C@H](O)COc2cccc(C)c2)C1=O.